The largest absolute Gasteiger partial charge is 0.478 e. The van der Waals surface area contributed by atoms with Crippen molar-refractivity contribution < 1.29 is 9.90 Å². The van der Waals surface area contributed by atoms with Gasteiger partial charge in [-0.25, -0.2) is 4.79 Å². The number of hydrogen-bond donors (Lipinski definition) is 1. The Balaban J connectivity index is 2.49. The number of hydrogen-bond acceptors (Lipinski definition) is 2. The SMILES string of the molecule is CCCCC(C)c1cc(C(=O)O)c2ccccc2n1. The molecule has 1 unspecified atom stereocenters. The van der Waals surface area contributed by atoms with E-state index in [0.717, 1.165) is 30.5 Å². The van der Waals surface area contributed by atoms with E-state index in [1.807, 2.05) is 24.3 Å². The molecule has 0 fully saturated rings. The average Bonchev–Trinajstić information content (AvgIpc) is 2.43. The van der Waals surface area contributed by atoms with Crippen molar-refractivity contribution in [1.82, 2.24) is 4.98 Å². The van der Waals surface area contributed by atoms with E-state index in [0.29, 0.717) is 16.9 Å². The molecule has 100 valence electrons. The Labute approximate surface area is 113 Å². The third kappa shape index (κ3) is 2.92. The first kappa shape index (κ1) is 13.5. The molecular weight excluding hydrogens is 238 g/mol. The van der Waals surface area contributed by atoms with Crippen molar-refractivity contribution in [2.24, 2.45) is 0 Å². The van der Waals surface area contributed by atoms with E-state index in [1.165, 1.54) is 0 Å². The van der Waals surface area contributed by atoms with Crippen LogP contribution in [0.4, 0.5) is 0 Å². The lowest BCUT2D eigenvalue weighted by Crippen LogP contribution is -2.04. The van der Waals surface area contributed by atoms with Gasteiger partial charge in [0.25, 0.3) is 0 Å². The summed E-state index contributed by atoms with van der Waals surface area (Å²) < 4.78 is 0. The quantitative estimate of drug-likeness (QED) is 0.872. The summed E-state index contributed by atoms with van der Waals surface area (Å²) >= 11 is 0. The lowest BCUT2D eigenvalue weighted by Gasteiger charge is -2.12. The number of benzene rings is 1. The molecule has 0 saturated heterocycles. The third-order valence-corrected chi connectivity index (χ3v) is 3.46. The predicted molar refractivity (Wildman–Crippen MR) is 76.6 cm³/mol. The van der Waals surface area contributed by atoms with E-state index in [2.05, 4.69) is 18.8 Å². The minimum absolute atomic E-state index is 0.294. The molecule has 2 rings (SSSR count). The molecule has 19 heavy (non-hydrogen) atoms. The molecule has 0 amide bonds. The Kier molecular flexibility index (Phi) is 4.15. The lowest BCUT2D eigenvalue weighted by atomic mass is 9.97. The van der Waals surface area contributed by atoms with Crippen LogP contribution in [0, 0.1) is 0 Å². The number of pyridine rings is 1. The first-order valence-electron chi connectivity index (χ1n) is 6.76. The molecule has 0 bridgehead atoms. The Hall–Kier alpha value is -1.90. The first-order valence-corrected chi connectivity index (χ1v) is 6.76. The van der Waals surface area contributed by atoms with Crippen LogP contribution < -0.4 is 0 Å². The molecule has 1 heterocycles. The van der Waals surface area contributed by atoms with Crippen LogP contribution in [0.1, 0.15) is 55.1 Å². The van der Waals surface area contributed by atoms with Gasteiger partial charge in [0, 0.05) is 11.1 Å². The second-order valence-electron chi connectivity index (χ2n) is 4.96. The summed E-state index contributed by atoms with van der Waals surface area (Å²) in [6, 6.07) is 9.15. The zero-order valence-corrected chi connectivity index (χ0v) is 11.4. The summed E-state index contributed by atoms with van der Waals surface area (Å²) in [5, 5.41) is 10.0. The molecule has 0 aliphatic carbocycles. The highest BCUT2D eigenvalue weighted by Crippen LogP contribution is 2.25. The summed E-state index contributed by atoms with van der Waals surface area (Å²) in [5.74, 6) is -0.592. The molecule has 1 atom stereocenters. The van der Waals surface area contributed by atoms with Gasteiger partial charge in [-0.05, 0) is 24.5 Å². The number of carboxylic acid groups (broad SMARTS) is 1. The first-order chi connectivity index (χ1) is 9.13. The van der Waals surface area contributed by atoms with Gasteiger partial charge >= 0.3 is 5.97 Å². The van der Waals surface area contributed by atoms with E-state index in [-0.39, 0.29) is 0 Å². The van der Waals surface area contributed by atoms with Gasteiger partial charge in [0.1, 0.15) is 0 Å². The minimum Gasteiger partial charge on any atom is -0.478 e. The van der Waals surface area contributed by atoms with Gasteiger partial charge in [0.05, 0.1) is 11.1 Å². The van der Waals surface area contributed by atoms with Gasteiger partial charge < -0.3 is 5.11 Å². The lowest BCUT2D eigenvalue weighted by molar-refractivity contribution is 0.0699. The second kappa shape index (κ2) is 5.83. The van der Waals surface area contributed by atoms with Crippen LogP contribution in [-0.4, -0.2) is 16.1 Å². The van der Waals surface area contributed by atoms with Crippen molar-refractivity contribution in [3.05, 3.63) is 41.6 Å². The Morgan fingerprint density at radius 2 is 2.11 bits per heavy atom. The van der Waals surface area contributed by atoms with E-state index in [4.69, 9.17) is 0 Å². The molecule has 0 spiro atoms. The Bertz CT molecular complexity index is 592. The van der Waals surface area contributed by atoms with Crippen LogP contribution in [0.5, 0.6) is 0 Å². The van der Waals surface area contributed by atoms with Gasteiger partial charge in [-0.2, -0.15) is 0 Å². The summed E-state index contributed by atoms with van der Waals surface area (Å²) in [6.45, 7) is 4.27. The fourth-order valence-corrected chi connectivity index (χ4v) is 2.28. The molecule has 1 aromatic carbocycles. The molecule has 0 saturated carbocycles. The van der Waals surface area contributed by atoms with E-state index < -0.39 is 5.97 Å². The highest BCUT2D eigenvalue weighted by atomic mass is 16.4. The van der Waals surface area contributed by atoms with E-state index in [9.17, 15) is 9.90 Å². The molecule has 0 radical (unpaired) electrons. The molecular formula is C16H19NO2. The van der Waals surface area contributed by atoms with Gasteiger partial charge in [-0.15, -0.1) is 0 Å². The number of para-hydroxylation sites is 1. The van der Waals surface area contributed by atoms with Crippen molar-refractivity contribution in [3.63, 3.8) is 0 Å². The fraction of sp³-hybridized carbons (Fsp3) is 0.375. The maximum Gasteiger partial charge on any atom is 0.336 e. The summed E-state index contributed by atoms with van der Waals surface area (Å²) in [7, 11) is 0. The van der Waals surface area contributed by atoms with Crippen molar-refractivity contribution >= 4 is 16.9 Å². The number of nitrogens with zero attached hydrogens (tertiary/aromatic N) is 1. The molecule has 2 aromatic rings. The van der Waals surface area contributed by atoms with E-state index in [1.54, 1.807) is 6.07 Å². The van der Waals surface area contributed by atoms with E-state index >= 15 is 0 Å². The minimum atomic E-state index is -0.887. The van der Waals surface area contributed by atoms with Gasteiger partial charge in [0.2, 0.25) is 0 Å². The fourth-order valence-electron chi connectivity index (χ4n) is 2.28. The highest BCUT2D eigenvalue weighted by Gasteiger charge is 2.14. The normalized spacial score (nSPS) is 12.5. The molecule has 0 aliphatic rings. The van der Waals surface area contributed by atoms with Crippen LogP contribution in [-0.2, 0) is 0 Å². The smallest absolute Gasteiger partial charge is 0.336 e. The number of carbonyl (C=O) groups is 1. The molecule has 0 aliphatic heterocycles. The average molecular weight is 257 g/mol. The van der Waals surface area contributed by atoms with Crippen LogP contribution >= 0.6 is 0 Å². The van der Waals surface area contributed by atoms with Crippen LogP contribution in [0.2, 0.25) is 0 Å². The van der Waals surface area contributed by atoms with Gasteiger partial charge in [0.15, 0.2) is 0 Å². The zero-order valence-electron chi connectivity index (χ0n) is 11.4. The maximum absolute atomic E-state index is 11.4. The summed E-state index contributed by atoms with van der Waals surface area (Å²) in [5.41, 5.74) is 1.99. The summed E-state index contributed by atoms with van der Waals surface area (Å²) in [4.78, 5) is 16.0. The topological polar surface area (TPSA) is 50.2 Å². The van der Waals surface area contributed by atoms with Crippen molar-refractivity contribution in [1.29, 1.82) is 0 Å². The Morgan fingerprint density at radius 3 is 2.79 bits per heavy atom. The Morgan fingerprint density at radius 1 is 1.37 bits per heavy atom. The molecule has 1 N–H and O–H groups in total. The monoisotopic (exact) mass is 257 g/mol. The van der Waals surface area contributed by atoms with Crippen molar-refractivity contribution in [3.8, 4) is 0 Å². The predicted octanol–water partition coefficient (Wildman–Crippen LogP) is 4.23. The number of fused-ring (bicyclic) bond motifs is 1. The number of aromatic nitrogens is 1. The standard InChI is InChI=1S/C16H19NO2/c1-3-4-7-11(2)15-10-13(16(18)19)12-8-5-6-9-14(12)17-15/h5-6,8-11H,3-4,7H2,1-2H3,(H,18,19). The second-order valence-corrected chi connectivity index (χ2v) is 4.96. The molecule has 3 heteroatoms. The van der Waals surface area contributed by atoms with Gasteiger partial charge in [-0.1, -0.05) is 44.9 Å². The number of unbranched alkanes of at least 4 members (excludes halogenated alkanes) is 1. The molecule has 1 aromatic heterocycles. The number of rotatable bonds is 5. The number of carboxylic acids is 1. The van der Waals surface area contributed by atoms with Gasteiger partial charge in [-0.3, -0.25) is 4.98 Å². The molecule has 3 nitrogen and oxygen atoms in total. The van der Waals surface area contributed by atoms with Crippen LogP contribution in [0.3, 0.4) is 0 Å². The van der Waals surface area contributed by atoms with Crippen LogP contribution in [0.25, 0.3) is 10.9 Å². The number of aromatic carboxylic acids is 1. The van der Waals surface area contributed by atoms with Crippen molar-refractivity contribution in [2.75, 3.05) is 0 Å². The summed E-state index contributed by atoms with van der Waals surface area (Å²) in [6.07, 6.45) is 3.32. The highest BCUT2D eigenvalue weighted by molar-refractivity contribution is 6.02. The maximum atomic E-state index is 11.4. The van der Waals surface area contributed by atoms with Crippen LogP contribution in [0.15, 0.2) is 30.3 Å². The zero-order chi connectivity index (χ0) is 13.8. The third-order valence-electron chi connectivity index (χ3n) is 3.46. The van der Waals surface area contributed by atoms with Crippen molar-refractivity contribution in [2.45, 2.75) is 39.0 Å².